The van der Waals surface area contributed by atoms with Gasteiger partial charge in [-0.15, -0.1) is 0 Å². The van der Waals surface area contributed by atoms with Gasteiger partial charge in [0.05, 0.1) is 14.2 Å². The van der Waals surface area contributed by atoms with E-state index in [0.29, 0.717) is 24.6 Å². The summed E-state index contributed by atoms with van der Waals surface area (Å²) >= 11 is 0. The van der Waals surface area contributed by atoms with Crippen LogP contribution in [0.4, 0.5) is 0 Å². The molecule has 0 saturated heterocycles. The third-order valence-corrected chi connectivity index (χ3v) is 4.17. The Labute approximate surface area is 116 Å². The van der Waals surface area contributed by atoms with E-state index in [1.54, 1.807) is 18.4 Å². The summed E-state index contributed by atoms with van der Waals surface area (Å²) in [7, 11) is 2.15. The van der Waals surface area contributed by atoms with Crippen LogP contribution in [0, 0.1) is 0 Å². The highest BCUT2D eigenvalue weighted by atomic mass is 32.2. The molecule has 108 valence electrons. The summed E-state index contributed by atoms with van der Waals surface area (Å²) in [6.07, 6.45) is 1.69. The SMILES string of the molecule is COc1cc(CNCC(C)S(C)=O)cc(OC)c1O. The first-order valence-corrected chi connectivity index (χ1v) is 7.58. The van der Waals surface area contributed by atoms with Gasteiger partial charge in [0.2, 0.25) is 5.75 Å². The molecule has 0 heterocycles. The van der Waals surface area contributed by atoms with Crippen LogP contribution in [-0.2, 0) is 17.3 Å². The van der Waals surface area contributed by atoms with E-state index < -0.39 is 10.8 Å². The van der Waals surface area contributed by atoms with Crippen molar-refractivity contribution in [2.45, 2.75) is 18.7 Å². The highest BCUT2D eigenvalue weighted by Crippen LogP contribution is 2.36. The van der Waals surface area contributed by atoms with Gasteiger partial charge in [-0.05, 0) is 24.6 Å². The molecule has 1 aromatic carbocycles. The second kappa shape index (κ2) is 7.35. The quantitative estimate of drug-likeness (QED) is 0.790. The molecule has 0 radical (unpaired) electrons. The molecule has 1 aromatic rings. The molecule has 0 saturated carbocycles. The van der Waals surface area contributed by atoms with Crippen molar-refractivity contribution in [3.8, 4) is 17.2 Å². The van der Waals surface area contributed by atoms with Gasteiger partial charge in [-0.2, -0.15) is 0 Å². The number of benzene rings is 1. The Bertz CT molecular complexity index is 425. The highest BCUT2D eigenvalue weighted by molar-refractivity contribution is 7.84. The topological polar surface area (TPSA) is 67.8 Å². The van der Waals surface area contributed by atoms with Gasteiger partial charge >= 0.3 is 0 Å². The second-order valence-corrected chi connectivity index (χ2v) is 6.09. The monoisotopic (exact) mass is 287 g/mol. The largest absolute Gasteiger partial charge is 0.502 e. The average molecular weight is 287 g/mol. The Hall–Kier alpha value is -1.27. The van der Waals surface area contributed by atoms with Crippen molar-refractivity contribution in [3.63, 3.8) is 0 Å². The van der Waals surface area contributed by atoms with Crippen LogP contribution in [-0.4, -0.2) is 41.6 Å². The summed E-state index contributed by atoms with van der Waals surface area (Å²) in [5, 5.41) is 13.1. The number of hydrogen-bond donors (Lipinski definition) is 2. The predicted octanol–water partition coefficient (Wildman–Crippen LogP) is 1.27. The molecule has 1 rings (SSSR count). The number of rotatable bonds is 7. The van der Waals surface area contributed by atoms with Crippen LogP contribution >= 0.6 is 0 Å². The number of hydrogen-bond acceptors (Lipinski definition) is 5. The highest BCUT2D eigenvalue weighted by Gasteiger charge is 2.11. The minimum atomic E-state index is -0.836. The molecule has 0 aromatic heterocycles. The van der Waals surface area contributed by atoms with Gasteiger partial charge in [-0.25, -0.2) is 0 Å². The van der Waals surface area contributed by atoms with Crippen molar-refractivity contribution in [1.82, 2.24) is 5.32 Å². The van der Waals surface area contributed by atoms with Crippen molar-refractivity contribution < 1.29 is 18.8 Å². The lowest BCUT2D eigenvalue weighted by Gasteiger charge is -2.13. The summed E-state index contributed by atoms with van der Waals surface area (Å²) < 4.78 is 21.4. The Morgan fingerprint density at radius 3 is 2.26 bits per heavy atom. The van der Waals surface area contributed by atoms with Crippen molar-refractivity contribution in [2.24, 2.45) is 0 Å². The number of aromatic hydroxyl groups is 1. The molecule has 0 aliphatic carbocycles. The van der Waals surface area contributed by atoms with Crippen LogP contribution < -0.4 is 14.8 Å². The normalized spacial score (nSPS) is 13.9. The van der Waals surface area contributed by atoms with Crippen molar-refractivity contribution in [2.75, 3.05) is 27.0 Å². The van der Waals surface area contributed by atoms with Gasteiger partial charge in [0.1, 0.15) is 0 Å². The number of phenolic OH excluding ortho intramolecular Hbond substituents is 1. The minimum Gasteiger partial charge on any atom is -0.502 e. The predicted molar refractivity (Wildman–Crippen MR) is 76.4 cm³/mol. The van der Waals surface area contributed by atoms with Gasteiger partial charge in [0.25, 0.3) is 0 Å². The van der Waals surface area contributed by atoms with E-state index in [4.69, 9.17) is 9.47 Å². The maximum Gasteiger partial charge on any atom is 0.200 e. The molecule has 0 aliphatic heterocycles. The lowest BCUT2D eigenvalue weighted by atomic mass is 10.2. The van der Waals surface area contributed by atoms with E-state index in [-0.39, 0.29) is 11.0 Å². The third kappa shape index (κ3) is 4.40. The minimum absolute atomic E-state index is 0.00298. The maximum absolute atomic E-state index is 11.2. The zero-order valence-corrected chi connectivity index (χ0v) is 12.5. The summed E-state index contributed by atoms with van der Waals surface area (Å²) in [5.41, 5.74) is 0.931. The zero-order valence-electron chi connectivity index (χ0n) is 11.7. The van der Waals surface area contributed by atoms with Gasteiger partial charge < -0.3 is 19.9 Å². The fourth-order valence-corrected chi connectivity index (χ4v) is 1.94. The van der Waals surface area contributed by atoms with Crippen LogP contribution in [0.15, 0.2) is 12.1 Å². The number of phenols is 1. The molecular formula is C13H21NO4S. The fourth-order valence-electron chi connectivity index (χ4n) is 1.59. The summed E-state index contributed by atoms with van der Waals surface area (Å²) in [6, 6.07) is 3.50. The van der Waals surface area contributed by atoms with Crippen LogP contribution in [0.25, 0.3) is 0 Å². The van der Waals surface area contributed by atoms with Crippen LogP contribution in [0.1, 0.15) is 12.5 Å². The first-order valence-electron chi connectivity index (χ1n) is 5.96. The van der Waals surface area contributed by atoms with Gasteiger partial charge in [-0.1, -0.05) is 0 Å². The number of nitrogens with one attached hydrogen (secondary N) is 1. The molecule has 2 N–H and O–H groups in total. The number of ether oxygens (including phenoxy) is 2. The first kappa shape index (κ1) is 15.8. The molecule has 0 spiro atoms. The number of methoxy groups -OCH3 is 2. The van der Waals surface area contributed by atoms with E-state index >= 15 is 0 Å². The smallest absolute Gasteiger partial charge is 0.200 e. The lowest BCUT2D eigenvalue weighted by molar-refractivity contribution is 0.339. The zero-order chi connectivity index (χ0) is 14.4. The van der Waals surface area contributed by atoms with E-state index in [2.05, 4.69) is 5.32 Å². The van der Waals surface area contributed by atoms with Crippen LogP contribution in [0.5, 0.6) is 17.2 Å². The second-order valence-electron chi connectivity index (χ2n) is 4.29. The maximum atomic E-state index is 11.2. The first-order chi connectivity index (χ1) is 8.99. The summed E-state index contributed by atoms with van der Waals surface area (Å²) in [5.74, 6) is 0.753. The van der Waals surface area contributed by atoms with Gasteiger partial charge in [-0.3, -0.25) is 4.21 Å². The van der Waals surface area contributed by atoms with Crippen LogP contribution in [0.3, 0.4) is 0 Å². The molecule has 2 unspecified atom stereocenters. The molecule has 19 heavy (non-hydrogen) atoms. The summed E-state index contributed by atoms with van der Waals surface area (Å²) in [6.45, 7) is 3.18. The fraction of sp³-hybridized carbons (Fsp3) is 0.538. The standard InChI is InChI=1S/C13H21NO4S/c1-9(19(4)16)7-14-8-10-5-11(17-2)13(15)12(6-10)18-3/h5-6,9,14-15H,7-8H2,1-4H3. The van der Waals surface area contributed by atoms with Crippen molar-refractivity contribution >= 4 is 10.8 Å². The van der Waals surface area contributed by atoms with E-state index in [1.165, 1.54) is 14.2 Å². The third-order valence-electron chi connectivity index (χ3n) is 2.87. The molecule has 0 amide bonds. The Morgan fingerprint density at radius 1 is 1.32 bits per heavy atom. The average Bonchev–Trinajstić information content (AvgIpc) is 2.39. The molecule has 5 nitrogen and oxygen atoms in total. The Morgan fingerprint density at radius 2 is 1.84 bits per heavy atom. The molecule has 0 bridgehead atoms. The molecule has 0 aliphatic rings. The van der Waals surface area contributed by atoms with E-state index in [1.807, 2.05) is 6.92 Å². The Kier molecular flexibility index (Phi) is 6.11. The molecular weight excluding hydrogens is 266 g/mol. The summed E-state index contributed by atoms with van der Waals surface area (Å²) in [4.78, 5) is 0. The van der Waals surface area contributed by atoms with Crippen LogP contribution in [0.2, 0.25) is 0 Å². The van der Waals surface area contributed by atoms with Gasteiger partial charge in [0.15, 0.2) is 11.5 Å². The van der Waals surface area contributed by atoms with Gasteiger partial charge in [0, 0.05) is 35.4 Å². The molecule has 2 atom stereocenters. The van der Waals surface area contributed by atoms with E-state index in [0.717, 1.165) is 5.56 Å². The molecule has 6 heteroatoms. The van der Waals surface area contributed by atoms with Crippen molar-refractivity contribution in [1.29, 1.82) is 0 Å². The van der Waals surface area contributed by atoms with E-state index in [9.17, 15) is 9.32 Å². The Balaban J connectivity index is 2.71. The lowest BCUT2D eigenvalue weighted by Crippen LogP contribution is -2.27. The van der Waals surface area contributed by atoms with Crippen molar-refractivity contribution in [3.05, 3.63) is 17.7 Å². The molecule has 0 fully saturated rings.